The summed E-state index contributed by atoms with van der Waals surface area (Å²) in [5, 5.41) is 19.1. The highest BCUT2D eigenvalue weighted by Gasteiger charge is 2.18. The Morgan fingerprint density at radius 3 is 2.53 bits per heavy atom. The Kier molecular flexibility index (Phi) is 4.02. The van der Waals surface area contributed by atoms with Crippen molar-refractivity contribution in [3.63, 3.8) is 0 Å². The van der Waals surface area contributed by atoms with Gasteiger partial charge >= 0.3 is 0 Å². The molecule has 6 N–H and O–H groups in total. The molecule has 1 rings (SSSR count). The molecule has 0 aliphatic heterocycles. The lowest BCUT2D eigenvalue weighted by Gasteiger charge is -2.17. The predicted octanol–water partition coefficient (Wildman–Crippen LogP) is 0.151. The van der Waals surface area contributed by atoms with E-state index in [4.69, 9.17) is 11.5 Å². The van der Waals surface area contributed by atoms with Crippen LogP contribution in [0.15, 0.2) is 18.2 Å². The van der Waals surface area contributed by atoms with Crippen LogP contribution in [-0.2, 0) is 0 Å². The Balaban J connectivity index is 2.81. The lowest BCUT2D eigenvalue weighted by atomic mass is 10.0. The molecule has 1 aromatic carbocycles. The maximum atomic E-state index is 12.8. The fraction of sp³-hybridized carbons (Fsp3) is 0.400. The number of aliphatic hydroxyl groups is 2. The van der Waals surface area contributed by atoms with E-state index in [2.05, 4.69) is 0 Å². The van der Waals surface area contributed by atoms with Gasteiger partial charge in [-0.15, -0.1) is 0 Å². The first-order valence-corrected chi connectivity index (χ1v) is 4.67. The first kappa shape index (κ1) is 11.9. The van der Waals surface area contributed by atoms with Crippen LogP contribution >= 0.6 is 0 Å². The summed E-state index contributed by atoms with van der Waals surface area (Å²) in [6, 6.07) is 3.85. The Morgan fingerprint density at radius 1 is 1.33 bits per heavy atom. The number of hydrogen-bond acceptors (Lipinski definition) is 4. The number of benzene rings is 1. The van der Waals surface area contributed by atoms with Gasteiger partial charge in [-0.25, -0.2) is 4.39 Å². The van der Waals surface area contributed by atoms with E-state index in [0.717, 1.165) is 6.07 Å². The molecule has 5 heteroatoms. The fourth-order valence-corrected chi connectivity index (χ4v) is 1.30. The van der Waals surface area contributed by atoms with Crippen LogP contribution in [0, 0.1) is 5.82 Å². The SMILES string of the molecule is NCCC(O)C(O)c1ccc(F)c(N)c1. The molecule has 1 aromatic rings. The number of anilines is 1. The molecule has 0 radical (unpaired) electrons. The maximum Gasteiger partial charge on any atom is 0.146 e. The molecule has 4 nitrogen and oxygen atoms in total. The summed E-state index contributed by atoms with van der Waals surface area (Å²) in [7, 11) is 0. The van der Waals surface area contributed by atoms with Crippen molar-refractivity contribution in [2.24, 2.45) is 5.73 Å². The normalized spacial score (nSPS) is 14.9. The summed E-state index contributed by atoms with van der Waals surface area (Å²) in [5.41, 5.74) is 10.9. The van der Waals surface area contributed by atoms with E-state index in [1.165, 1.54) is 12.1 Å². The molecule has 0 aromatic heterocycles. The zero-order valence-electron chi connectivity index (χ0n) is 8.23. The molecule has 0 saturated carbocycles. The highest BCUT2D eigenvalue weighted by molar-refractivity contribution is 5.43. The monoisotopic (exact) mass is 214 g/mol. The van der Waals surface area contributed by atoms with Crippen LogP contribution in [0.4, 0.5) is 10.1 Å². The van der Waals surface area contributed by atoms with Gasteiger partial charge in [0.25, 0.3) is 0 Å². The van der Waals surface area contributed by atoms with Crippen molar-refractivity contribution in [2.75, 3.05) is 12.3 Å². The van der Waals surface area contributed by atoms with Gasteiger partial charge in [-0.2, -0.15) is 0 Å². The smallest absolute Gasteiger partial charge is 0.146 e. The van der Waals surface area contributed by atoms with Crippen molar-refractivity contribution in [2.45, 2.75) is 18.6 Å². The second kappa shape index (κ2) is 5.06. The fourth-order valence-electron chi connectivity index (χ4n) is 1.30. The van der Waals surface area contributed by atoms with Gasteiger partial charge in [0.05, 0.1) is 11.8 Å². The largest absolute Gasteiger partial charge is 0.396 e. The molecular weight excluding hydrogens is 199 g/mol. The van der Waals surface area contributed by atoms with Crippen molar-refractivity contribution in [1.29, 1.82) is 0 Å². The first-order chi connectivity index (χ1) is 7.06. The average molecular weight is 214 g/mol. The number of nitrogens with two attached hydrogens (primary N) is 2. The Hall–Kier alpha value is -1.17. The third kappa shape index (κ3) is 2.89. The van der Waals surface area contributed by atoms with Gasteiger partial charge in [0.1, 0.15) is 11.9 Å². The summed E-state index contributed by atoms with van der Waals surface area (Å²) in [6.07, 6.45) is -1.77. The van der Waals surface area contributed by atoms with Crippen LogP contribution in [0.1, 0.15) is 18.1 Å². The van der Waals surface area contributed by atoms with Crippen LogP contribution in [0.2, 0.25) is 0 Å². The van der Waals surface area contributed by atoms with Crippen LogP contribution in [0.25, 0.3) is 0 Å². The average Bonchev–Trinajstić information content (AvgIpc) is 2.21. The predicted molar refractivity (Wildman–Crippen MR) is 55.5 cm³/mol. The number of rotatable bonds is 4. The molecule has 0 fully saturated rings. The Morgan fingerprint density at radius 2 is 2.00 bits per heavy atom. The van der Waals surface area contributed by atoms with Crippen LogP contribution < -0.4 is 11.5 Å². The van der Waals surface area contributed by atoms with Crippen molar-refractivity contribution in [3.05, 3.63) is 29.6 Å². The quantitative estimate of drug-likeness (QED) is 0.537. The summed E-state index contributed by atoms with van der Waals surface area (Å²) in [5.74, 6) is -0.542. The minimum Gasteiger partial charge on any atom is -0.396 e. The molecule has 0 aliphatic rings. The summed E-state index contributed by atoms with van der Waals surface area (Å²) in [4.78, 5) is 0. The second-order valence-electron chi connectivity index (χ2n) is 3.37. The number of aliphatic hydroxyl groups excluding tert-OH is 2. The van der Waals surface area contributed by atoms with E-state index in [9.17, 15) is 14.6 Å². The molecule has 0 bridgehead atoms. The third-order valence-corrected chi connectivity index (χ3v) is 2.19. The Bertz CT molecular complexity index is 333. The first-order valence-electron chi connectivity index (χ1n) is 4.67. The van der Waals surface area contributed by atoms with Crippen molar-refractivity contribution >= 4 is 5.69 Å². The number of halogens is 1. The summed E-state index contributed by atoms with van der Waals surface area (Å²) >= 11 is 0. The van der Waals surface area contributed by atoms with Crippen molar-refractivity contribution < 1.29 is 14.6 Å². The molecule has 0 heterocycles. The molecule has 0 aliphatic carbocycles. The molecular formula is C10H15FN2O2. The van der Waals surface area contributed by atoms with Crippen LogP contribution in [0.3, 0.4) is 0 Å². The van der Waals surface area contributed by atoms with E-state index in [0.29, 0.717) is 5.56 Å². The number of nitrogen functional groups attached to an aromatic ring is 1. The molecule has 15 heavy (non-hydrogen) atoms. The Labute approximate surface area is 87.3 Å². The minimum atomic E-state index is -1.09. The van der Waals surface area contributed by atoms with Gasteiger partial charge in [-0.1, -0.05) is 6.07 Å². The van der Waals surface area contributed by atoms with Crippen LogP contribution in [-0.4, -0.2) is 22.9 Å². The second-order valence-corrected chi connectivity index (χ2v) is 3.37. The third-order valence-electron chi connectivity index (χ3n) is 2.19. The van der Waals surface area contributed by atoms with E-state index in [1.54, 1.807) is 0 Å². The molecule has 84 valence electrons. The van der Waals surface area contributed by atoms with E-state index in [1.807, 2.05) is 0 Å². The van der Waals surface area contributed by atoms with Gasteiger partial charge in [0.2, 0.25) is 0 Å². The van der Waals surface area contributed by atoms with Gasteiger partial charge in [-0.3, -0.25) is 0 Å². The molecule has 0 amide bonds. The van der Waals surface area contributed by atoms with E-state index >= 15 is 0 Å². The zero-order valence-corrected chi connectivity index (χ0v) is 8.23. The van der Waals surface area contributed by atoms with E-state index < -0.39 is 18.0 Å². The van der Waals surface area contributed by atoms with Crippen molar-refractivity contribution in [1.82, 2.24) is 0 Å². The van der Waals surface area contributed by atoms with Crippen molar-refractivity contribution in [3.8, 4) is 0 Å². The lowest BCUT2D eigenvalue weighted by molar-refractivity contribution is 0.0150. The molecule has 0 spiro atoms. The summed E-state index contributed by atoms with van der Waals surface area (Å²) < 4.78 is 12.8. The highest BCUT2D eigenvalue weighted by atomic mass is 19.1. The van der Waals surface area contributed by atoms with Gasteiger partial charge in [0.15, 0.2) is 0 Å². The highest BCUT2D eigenvalue weighted by Crippen LogP contribution is 2.22. The van der Waals surface area contributed by atoms with Gasteiger partial charge in [0, 0.05) is 0 Å². The topological polar surface area (TPSA) is 92.5 Å². The van der Waals surface area contributed by atoms with Gasteiger partial charge in [-0.05, 0) is 30.7 Å². The number of hydrogen-bond donors (Lipinski definition) is 4. The zero-order chi connectivity index (χ0) is 11.4. The maximum absolute atomic E-state index is 12.8. The lowest BCUT2D eigenvalue weighted by Crippen LogP contribution is -2.21. The minimum absolute atomic E-state index is 0.0495. The molecule has 0 saturated heterocycles. The van der Waals surface area contributed by atoms with E-state index in [-0.39, 0.29) is 18.7 Å². The standard InChI is InChI=1S/C10H15FN2O2/c11-7-2-1-6(5-8(7)13)10(15)9(14)3-4-12/h1-2,5,9-10,14-15H,3-4,12-13H2. The molecule has 2 atom stereocenters. The van der Waals surface area contributed by atoms with Gasteiger partial charge < -0.3 is 21.7 Å². The van der Waals surface area contributed by atoms with Crippen LogP contribution in [0.5, 0.6) is 0 Å². The summed E-state index contributed by atoms with van der Waals surface area (Å²) in [6.45, 7) is 0.273. The molecule has 2 unspecified atom stereocenters.